The van der Waals surface area contributed by atoms with Crippen LogP contribution in [0.1, 0.15) is 0 Å². The summed E-state index contributed by atoms with van der Waals surface area (Å²) in [5.41, 5.74) is 1.21. The molecule has 0 bridgehead atoms. The molecule has 0 atom stereocenters. The summed E-state index contributed by atoms with van der Waals surface area (Å²) in [5.74, 6) is -0.731. The molecular formula is C22H19F3N4O4S. The van der Waals surface area contributed by atoms with Crippen LogP contribution in [0.5, 0.6) is 5.75 Å². The van der Waals surface area contributed by atoms with E-state index in [9.17, 15) is 22.8 Å². The number of amides is 1. The van der Waals surface area contributed by atoms with Crippen LogP contribution in [0.15, 0.2) is 58.5 Å². The Labute approximate surface area is 195 Å². The molecule has 12 heteroatoms. The number of hydrogen-bond donors (Lipinski definition) is 2. The molecule has 0 radical (unpaired) electrons. The monoisotopic (exact) mass is 492 g/mol. The molecule has 2 aromatic heterocycles. The number of hydrogen-bond acceptors (Lipinski definition) is 6. The van der Waals surface area contributed by atoms with Crippen molar-refractivity contribution in [2.45, 2.75) is 11.5 Å². The van der Waals surface area contributed by atoms with Gasteiger partial charge in [0.1, 0.15) is 16.8 Å². The molecule has 0 unspecified atom stereocenters. The summed E-state index contributed by atoms with van der Waals surface area (Å²) in [7, 11) is 1.52. The first-order chi connectivity index (χ1) is 16.3. The molecule has 8 nitrogen and oxygen atoms in total. The van der Waals surface area contributed by atoms with E-state index in [4.69, 9.17) is 4.74 Å². The molecule has 0 aliphatic rings. The molecule has 0 saturated heterocycles. The Kier molecular flexibility index (Phi) is 6.80. The summed E-state index contributed by atoms with van der Waals surface area (Å²) in [6, 6.07) is 12.1. The summed E-state index contributed by atoms with van der Waals surface area (Å²) in [6.45, 7) is 0.686. The molecule has 4 rings (SSSR count). The smallest absolute Gasteiger partial charge is 0.406 e. The maximum absolute atomic E-state index is 13.4. The number of fused-ring (bicyclic) bond motifs is 3. The highest BCUT2D eigenvalue weighted by molar-refractivity contribution is 7.99. The first kappa shape index (κ1) is 23.6. The van der Waals surface area contributed by atoms with E-state index in [1.165, 1.54) is 23.8 Å². The highest BCUT2D eigenvalue weighted by atomic mass is 32.2. The van der Waals surface area contributed by atoms with Crippen molar-refractivity contribution in [3.05, 3.63) is 58.9 Å². The third kappa shape index (κ3) is 5.18. The average molecular weight is 492 g/mol. The molecule has 0 saturated carbocycles. The second-order valence-corrected chi connectivity index (χ2v) is 8.04. The number of nitrogens with one attached hydrogen (secondary N) is 2. The summed E-state index contributed by atoms with van der Waals surface area (Å²) in [5, 5.41) is 3.64. The van der Waals surface area contributed by atoms with Gasteiger partial charge in [-0.1, -0.05) is 30.0 Å². The minimum absolute atomic E-state index is 0.0285. The van der Waals surface area contributed by atoms with Gasteiger partial charge in [-0.15, -0.1) is 13.2 Å². The minimum atomic E-state index is -4.83. The van der Waals surface area contributed by atoms with Crippen LogP contribution >= 0.6 is 11.8 Å². The van der Waals surface area contributed by atoms with Crippen molar-refractivity contribution in [2.24, 2.45) is 0 Å². The third-order valence-electron chi connectivity index (χ3n) is 4.78. The van der Waals surface area contributed by atoms with Gasteiger partial charge in [-0.3, -0.25) is 14.2 Å². The minimum Gasteiger partial charge on any atom is -0.406 e. The number of alkyl halides is 3. The van der Waals surface area contributed by atoms with E-state index in [1.807, 2.05) is 18.2 Å². The van der Waals surface area contributed by atoms with E-state index in [2.05, 4.69) is 20.0 Å². The zero-order valence-corrected chi connectivity index (χ0v) is 18.6. The predicted octanol–water partition coefficient (Wildman–Crippen LogP) is 3.62. The van der Waals surface area contributed by atoms with E-state index in [1.54, 1.807) is 6.07 Å². The van der Waals surface area contributed by atoms with Crippen molar-refractivity contribution < 1.29 is 27.4 Å². The normalized spacial score (nSPS) is 11.8. The fraction of sp³-hybridized carbons (Fsp3) is 0.227. The van der Waals surface area contributed by atoms with Crippen LogP contribution in [0.3, 0.4) is 0 Å². The van der Waals surface area contributed by atoms with E-state index in [0.29, 0.717) is 24.2 Å². The van der Waals surface area contributed by atoms with E-state index < -0.39 is 17.7 Å². The van der Waals surface area contributed by atoms with Gasteiger partial charge in [0, 0.05) is 24.6 Å². The molecule has 1 amide bonds. The lowest BCUT2D eigenvalue weighted by Gasteiger charge is -2.13. The number of halogens is 3. The SMILES string of the molecule is COCCNC(=O)CSc1nc2c([nH]c3ccccc32)c(=O)n1-c1ccc(OC(F)(F)F)cc1. The number of H-pyrrole nitrogens is 1. The summed E-state index contributed by atoms with van der Waals surface area (Å²) >= 11 is 1.04. The number of ether oxygens (including phenoxy) is 2. The lowest BCUT2D eigenvalue weighted by Crippen LogP contribution is -2.29. The van der Waals surface area contributed by atoms with Gasteiger partial charge >= 0.3 is 6.36 Å². The van der Waals surface area contributed by atoms with Crippen LogP contribution in [0.25, 0.3) is 27.6 Å². The number of methoxy groups -OCH3 is 1. The molecule has 0 spiro atoms. The second kappa shape index (κ2) is 9.77. The first-order valence-corrected chi connectivity index (χ1v) is 11.0. The Morgan fingerprint density at radius 1 is 1.18 bits per heavy atom. The zero-order valence-electron chi connectivity index (χ0n) is 17.8. The summed E-state index contributed by atoms with van der Waals surface area (Å²) in [4.78, 5) is 33.3. The standard InChI is InChI=1S/C22H19F3N4O4S/c1-32-11-10-26-17(30)12-34-21-28-18-15-4-2-3-5-16(15)27-19(18)20(31)29(21)13-6-8-14(9-7-13)33-22(23,24)25/h2-9,27H,10-12H2,1H3,(H,26,30). The molecule has 0 aliphatic heterocycles. The summed E-state index contributed by atoms with van der Waals surface area (Å²) < 4.78 is 47.6. The number of benzene rings is 2. The molecule has 178 valence electrons. The van der Waals surface area contributed by atoms with Gasteiger partial charge in [-0.05, 0) is 30.3 Å². The summed E-state index contributed by atoms with van der Waals surface area (Å²) in [6.07, 6.45) is -4.83. The van der Waals surface area contributed by atoms with Crippen molar-refractivity contribution >= 4 is 39.6 Å². The third-order valence-corrected chi connectivity index (χ3v) is 5.72. The van der Waals surface area contributed by atoms with Gasteiger partial charge in [0.05, 0.1) is 18.0 Å². The molecule has 4 aromatic rings. The molecule has 0 aliphatic carbocycles. The van der Waals surface area contributed by atoms with Crippen molar-refractivity contribution in [3.63, 3.8) is 0 Å². The Hall–Kier alpha value is -3.51. The number of aromatic amines is 1. The number of para-hydroxylation sites is 1. The molecular weight excluding hydrogens is 473 g/mol. The topological polar surface area (TPSA) is 98.2 Å². The van der Waals surface area contributed by atoms with Gasteiger partial charge < -0.3 is 19.8 Å². The largest absolute Gasteiger partial charge is 0.573 e. The second-order valence-electron chi connectivity index (χ2n) is 7.10. The fourth-order valence-corrected chi connectivity index (χ4v) is 4.17. The highest BCUT2D eigenvalue weighted by Gasteiger charge is 2.31. The van der Waals surface area contributed by atoms with Crippen LogP contribution in [0, 0.1) is 0 Å². The van der Waals surface area contributed by atoms with Gasteiger partial charge in [-0.25, -0.2) is 4.98 Å². The lowest BCUT2D eigenvalue weighted by molar-refractivity contribution is -0.274. The van der Waals surface area contributed by atoms with Crippen LogP contribution in [0.4, 0.5) is 13.2 Å². The number of nitrogens with zero attached hydrogens (tertiary/aromatic N) is 2. The maximum Gasteiger partial charge on any atom is 0.573 e. The molecule has 0 fully saturated rings. The van der Waals surface area contributed by atoms with Crippen molar-refractivity contribution in [3.8, 4) is 11.4 Å². The van der Waals surface area contributed by atoms with Gasteiger partial charge in [0.25, 0.3) is 5.56 Å². The van der Waals surface area contributed by atoms with Crippen LogP contribution in [0.2, 0.25) is 0 Å². The Morgan fingerprint density at radius 2 is 1.91 bits per heavy atom. The molecule has 34 heavy (non-hydrogen) atoms. The number of aromatic nitrogens is 3. The molecule has 2 heterocycles. The van der Waals surface area contributed by atoms with E-state index in [-0.39, 0.29) is 28.0 Å². The van der Waals surface area contributed by atoms with Crippen molar-refractivity contribution in [1.82, 2.24) is 19.9 Å². The van der Waals surface area contributed by atoms with E-state index in [0.717, 1.165) is 29.3 Å². The van der Waals surface area contributed by atoms with Gasteiger partial charge in [-0.2, -0.15) is 0 Å². The Morgan fingerprint density at radius 3 is 2.62 bits per heavy atom. The van der Waals surface area contributed by atoms with Crippen LogP contribution in [-0.2, 0) is 9.53 Å². The maximum atomic E-state index is 13.4. The van der Waals surface area contributed by atoms with Crippen LogP contribution < -0.4 is 15.6 Å². The zero-order chi connectivity index (χ0) is 24.3. The van der Waals surface area contributed by atoms with E-state index >= 15 is 0 Å². The number of carbonyl (C=O) groups is 1. The predicted molar refractivity (Wildman–Crippen MR) is 121 cm³/mol. The number of thioether (sulfide) groups is 1. The number of carbonyl (C=O) groups excluding carboxylic acids is 1. The van der Waals surface area contributed by atoms with Crippen molar-refractivity contribution in [1.29, 1.82) is 0 Å². The Balaban J connectivity index is 1.76. The average Bonchev–Trinajstić information content (AvgIpc) is 3.17. The Bertz CT molecular complexity index is 1380. The van der Waals surface area contributed by atoms with Gasteiger partial charge in [0.15, 0.2) is 5.16 Å². The molecule has 2 aromatic carbocycles. The quantitative estimate of drug-likeness (QED) is 0.222. The van der Waals surface area contributed by atoms with Crippen molar-refractivity contribution in [2.75, 3.05) is 26.0 Å². The van der Waals surface area contributed by atoms with Gasteiger partial charge in [0.2, 0.25) is 5.91 Å². The highest BCUT2D eigenvalue weighted by Crippen LogP contribution is 2.28. The first-order valence-electron chi connectivity index (χ1n) is 10.0. The molecule has 2 N–H and O–H groups in total. The number of rotatable bonds is 8. The lowest BCUT2D eigenvalue weighted by atomic mass is 10.2. The van der Waals surface area contributed by atoms with Crippen LogP contribution in [-0.4, -0.2) is 52.8 Å². The fourth-order valence-electron chi connectivity index (χ4n) is 3.34.